The highest BCUT2D eigenvalue weighted by atomic mass is 35.5. The van der Waals surface area contributed by atoms with Crippen LogP contribution in [0, 0.1) is 0 Å². The van der Waals surface area contributed by atoms with Crippen molar-refractivity contribution in [2.45, 2.75) is 26.4 Å². The third kappa shape index (κ3) is 4.66. The van der Waals surface area contributed by atoms with Crippen LogP contribution in [0.2, 0.25) is 5.02 Å². The number of carbonyl (C=O) groups excluding carboxylic acids is 1. The number of hydrogen-bond donors (Lipinski definition) is 1. The molecule has 0 spiro atoms. The largest absolute Gasteiger partial charge is 0.490 e. The van der Waals surface area contributed by atoms with Crippen molar-refractivity contribution in [3.63, 3.8) is 0 Å². The van der Waals surface area contributed by atoms with Gasteiger partial charge in [0.2, 0.25) is 0 Å². The minimum atomic E-state index is -2.60. The summed E-state index contributed by atoms with van der Waals surface area (Å²) in [6, 6.07) is 10.2. The van der Waals surface area contributed by atoms with Crippen molar-refractivity contribution in [2.24, 2.45) is 0 Å². The molecule has 0 bridgehead atoms. The minimum Gasteiger partial charge on any atom is -0.490 e. The molecule has 0 unspecified atom stereocenters. The molecule has 0 saturated carbocycles. The van der Waals surface area contributed by atoms with Crippen LogP contribution < -0.4 is 10.1 Å². The minimum absolute atomic E-state index is 0.120. The van der Waals surface area contributed by atoms with Crippen LogP contribution in [0.25, 0.3) is 0 Å². The highest BCUT2D eigenvalue weighted by Crippen LogP contribution is 2.26. The van der Waals surface area contributed by atoms with Gasteiger partial charge in [0.05, 0.1) is 11.7 Å². The second-order valence-electron chi connectivity index (χ2n) is 5.19. The molecule has 0 saturated heterocycles. The van der Waals surface area contributed by atoms with Gasteiger partial charge in [-0.2, -0.15) is 0 Å². The van der Waals surface area contributed by atoms with E-state index in [1.807, 2.05) is 13.8 Å². The van der Waals surface area contributed by atoms with Crippen LogP contribution in [0.5, 0.6) is 5.75 Å². The Morgan fingerprint density at radius 3 is 2.57 bits per heavy atom. The van der Waals surface area contributed by atoms with E-state index in [1.54, 1.807) is 12.1 Å². The highest BCUT2D eigenvalue weighted by Gasteiger charge is 2.15. The number of carbonyl (C=O) groups is 1. The van der Waals surface area contributed by atoms with E-state index in [1.165, 1.54) is 30.3 Å². The molecule has 0 aromatic heterocycles. The first kappa shape index (κ1) is 17.2. The van der Waals surface area contributed by atoms with Crippen LogP contribution in [-0.4, -0.2) is 12.0 Å². The van der Waals surface area contributed by atoms with E-state index < -0.39 is 12.3 Å². The summed E-state index contributed by atoms with van der Waals surface area (Å²) < 4.78 is 31.0. The molecule has 2 aromatic carbocycles. The van der Waals surface area contributed by atoms with E-state index >= 15 is 0 Å². The van der Waals surface area contributed by atoms with E-state index in [9.17, 15) is 13.6 Å². The molecule has 6 heteroatoms. The zero-order valence-electron chi connectivity index (χ0n) is 12.6. The molecule has 122 valence electrons. The first-order chi connectivity index (χ1) is 10.9. The molecule has 0 radical (unpaired) electrons. The average molecular weight is 340 g/mol. The summed E-state index contributed by atoms with van der Waals surface area (Å²) in [5.74, 6) is -0.0959. The fourth-order valence-electron chi connectivity index (χ4n) is 1.99. The van der Waals surface area contributed by atoms with Crippen LogP contribution in [-0.2, 0) is 0 Å². The number of anilines is 1. The average Bonchev–Trinajstić information content (AvgIpc) is 2.48. The summed E-state index contributed by atoms with van der Waals surface area (Å²) >= 11 is 5.93. The topological polar surface area (TPSA) is 38.3 Å². The number of alkyl halides is 2. The van der Waals surface area contributed by atoms with Gasteiger partial charge in [0.25, 0.3) is 12.3 Å². The van der Waals surface area contributed by atoms with E-state index in [-0.39, 0.29) is 22.9 Å². The Balaban J connectivity index is 2.27. The maximum Gasteiger partial charge on any atom is 0.263 e. The SMILES string of the molecule is CC(C)Oc1ccc(Cl)cc1C(=O)Nc1cccc(C(F)F)c1. The summed E-state index contributed by atoms with van der Waals surface area (Å²) in [6.45, 7) is 3.67. The molecule has 0 atom stereocenters. The van der Waals surface area contributed by atoms with Crippen LogP contribution in [0.1, 0.15) is 36.2 Å². The molecule has 2 rings (SSSR count). The maximum atomic E-state index is 12.7. The molecular formula is C17H16ClF2NO2. The molecule has 1 amide bonds. The van der Waals surface area contributed by atoms with E-state index in [0.29, 0.717) is 10.8 Å². The normalized spacial score (nSPS) is 10.9. The number of ether oxygens (including phenoxy) is 1. The number of halogens is 3. The van der Waals surface area contributed by atoms with Crippen molar-refractivity contribution < 1.29 is 18.3 Å². The van der Waals surface area contributed by atoms with E-state index in [2.05, 4.69) is 5.32 Å². The Hall–Kier alpha value is -2.14. The lowest BCUT2D eigenvalue weighted by Gasteiger charge is -2.15. The van der Waals surface area contributed by atoms with Gasteiger partial charge in [-0.3, -0.25) is 4.79 Å². The molecule has 0 fully saturated rings. The summed E-state index contributed by atoms with van der Waals surface area (Å²) in [4.78, 5) is 12.4. The van der Waals surface area contributed by atoms with Crippen LogP contribution in [0.3, 0.4) is 0 Å². The van der Waals surface area contributed by atoms with Crippen LogP contribution in [0.15, 0.2) is 42.5 Å². The van der Waals surface area contributed by atoms with Crippen molar-refractivity contribution in [1.29, 1.82) is 0 Å². The second kappa shape index (κ2) is 7.42. The van der Waals surface area contributed by atoms with Crippen molar-refractivity contribution in [2.75, 3.05) is 5.32 Å². The lowest BCUT2D eigenvalue weighted by Crippen LogP contribution is -2.16. The van der Waals surface area contributed by atoms with Crippen LogP contribution >= 0.6 is 11.6 Å². The second-order valence-corrected chi connectivity index (χ2v) is 5.62. The van der Waals surface area contributed by atoms with E-state index in [0.717, 1.165) is 0 Å². The third-order valence-corrected chi connectivity index (χ3v) is 3.18. The number of benzene rings is 2. The monoisotopic (exact) mass is 339 g/mol. The molecule has 23 heavy (non-hydrogen) atoms. The fraction of sp³-hybridized carbons (Fsp3) is 0.235. The molecule has 3 nitrogen and oxygen atoms in total. The van der Waals surface area contributed by atoms with Gasteiger partial charge in [-0.25, -0.2) is 8.78 Å². The van der Waals surface area contributed by atoms with Gasteiger partial charge in [0.1, 0.15) is 5.75 Å². The molecule has 0 aliphatic carbocycles. The Kier molecular flexibility index (Phi) is 5.55. The van der Waals surface area contributed by atoms with Crippen molar-refractivity contribution in [1.82, 2.24) is 0 Å². The summed E-state index contributed by atoms with van der Waals surface area (Å²) in [6.07, 6.45) is -2.72. The van der Waals surface area contributed by atoms with Gasteiger partial charge in [-0.05, 0) is 44.2 Å². The Morgan fingerprint density at radius 1 is 1.17 bits per heavy atom. The zero-order chi connectivity index (χ0) is 17.0. The van der Waals surface area contributed by atoms with Crippen LogP contribution in [0.4, 0.5) is 14.5 Å². The van der Waals surface area contributed by atoms with Gasteiger partial charge in [0, 0.05) is 16.3 Å². The molecule has 0 aliphatic rings. The maximum absolute atomic E-state index is 12.7. The number of nitrogens with one attached hydrogen (secondary N) is 1. The zero-order valence-corrected chi connectivity index (χ0v) is 13.4. The molecule has 1 N–H and O–H groups in total. The van der Waals surface area contributed by atoms with Crippen molar-refractivity contribution >= 4 is 23.2 Å². The van der Waals surface area contributed by atoms with Gasteiger partial charge in [0.15, 0.2) is 0 Å². The quantitative estimate of drug-likeness (QED) is 0.800. The summed E-state index contributed by atoms with van der Waals surface area (Å²) in [7, 11) is 0. The van der Waals surface area contributed by atoms with E-state index in [4.69, 9.17) is 16.3 Å². The van der Waals surface area contributed by atoms with Gasteiger partial charge >= 0.3 is 0 Å². The molecular weight excluding hydrogens is 324 g/mol. The number of rotatable bonds is 5. The van der Waals surface area contributed by atoms with Gasteiger partial charge in [-0.15, -0.1) is 0 Å². The fourth-order valence-corrected chi connectivity index (χ4v) is 2.16. The van der Waals surface area contributed by atoms with Gasteiger partial charge < -0.3 is 10.1 Å². The number of hydrogen-bond acceptors (Lipinski definition) is 2. The predicted molar refractivity (Wildman–Crippen MR) is 86.6 cm³/mol. The smallest absolute Gasteiger partial charge is 0.263 e. The third-order valence-electron chi connectivity index (χ3n) is 2.95. The van der Waals surface area contributed by atoms with Crippen molar-refractivity contribution in [3.05, 3.63) is 58.6 Å². The molecule has 2 aromatic rings. The number of amides is 1. The summed E-state index contributed by atoms with van der Waals surface area (Å²) in [5, 5.41) is 2.97. The molecule has 0 aliphatic heterocycles. The Labute approximate surface area is 138 Å². The Bertz CT molecular complexity index is 705. The lowest BCUT2D eigenvalue weighted by atomic mass is 10.1. The lowest BCUT2D eigenvalue weighted by molar-refractivity contribution is 0.102. The van der Waals surface area contributed by atoms with Gasteiger partial charge in [-0.1, -0.05) is 23.7 Å². The highest BCUT2D eigenvalue weighted by molar-refractivity contribution is 6.31. The summed E-state index contributed by atoms with van der Waals surface area (Å²) in [5.41, 5.74) is 0.365. The standard InChI is InChI=1S/C17H16ClF2NO2/c1-10(2)23-15-7-6-12(18)9-14(15)17(22)21-13-5-3-4-11(8-13)16(19)20/h3-10,16H,1-2H3,(H,21,22). The van der Waals surface area contributed by atoms with Crippen molar-refractivity contribution in [3.8, 4) is 5.75 Å². The first-order valence-electron chi connectivity index (χ1n) is 7.02. The Morgan fingerprint density at radius 2 is 1.91 bits per heavy atom. The first-order valence-corrected chi connectivity index (χ1v) is 7.40. The predicted octanol–water partition coefficient (Wildman–Crippen LogP) is 5.32. The molecule has 0 heterocycles.